The van der Waals surface area contributed by atoms with Gasteiger partial charge in [-0.1, -0.05) is 0 Å². The molecule has 1 aliphatic rings. The van der Waals surface area contributed by atoms with Gasteiger partial charge in [-0.15, -0.1) is 0 Å². The van der Waals surface area contributed by atoms with Crippen LogP contribution < -0.4 is 10.6 Å². The third kappa shape index (κ3) is 5.46. The minimum absolute atomic E-state index is 0.0103. The number of nitrogens with one attached hydrogen (secondary N) is 2. The molecule has 0 aromatic heterocycles. The van der Waals surface area contributed by atoms with Crippen LogP contribution in [-0.2, 0) is 4.79 Å². The van der Waals surface area contributed by atoms with Gasteiger partial charge in [0, 0.05) is 25.2 Å². The second-order valence-electron chi connectivity index (χ2n) is 5.52. The second-order valence-corrected chi connectivity index (χ2v) is 5.52. The fourth-order valence-corrected chi connectivity index (χ4v) is 2.18. The SMILES string of the molecule is CC(C)N(C)CCNC(=O)N[C@H]1CC[C@@H](C(=O)O)C1. The van der Waals surface area contributed by atoms with Crippen molar-refractivity contribution in [2.75, 3.05) is 20.1 Å². The number of carboxylic acids is 1. The Bertz CT molecular complexity index is 320. The zero-order chi connectivity index (χ0) is 14.4. The first-order chi connectivity index (χ1) is 8.90. The molecule has 0 unspecified atom stereocenters. The monoisotopic (exact) mass is 271 g/mol. The molecule has 1 fully saturated rings. The van der Waals surface area contributed by atoms with Gasteiger partial charge < -0.3 is 20.6 Å². The van der Waals surface area contributed by atoms with Crippen molar-refractivity contribution in [3.8, 4) is 0 Å². The molecule has 0 spiro atoms. The Balaban J connectivity index is 2.17. The van der Waals surface area contributed by atoms with E-state index in [9.17, 15) is 9.59 Å². The Hall–Kier alpha value is -1.30. The molecule has 0 heterocycles. The van der Waals surface area contributed by atoms with E-state index in [1.54, 1.807) is 0 Å². The maximum Gasteiger partial charge on any atom is 0.315 e. The molecule has 0 radical (unpaired) electrons. The number of carbonyl (C=O) groups is 2. The van der Waals surface area contributed by atoms with E-state index < -0.39 is 5.97 Å². The lowest BCUT2D eigenvalue weighted by Gasteiger charge is -2.21. The Labute approximate surface area is 114 Å². The van der Waals surface area contributed by atoms with E-state index in [1.807, 2.05) is 7.05 Å². The molecule has 0 bridgehead atoms. The van der Waals surface area contributed by atoms with E-state index in [1.165, 1.54) is 0 Å². The number of urea groups is 1. The van der Waals surface area contributed by atoms with Gasteiger partial charge in [-0.3, -0.25) is 4.79 Å². The normalized spacial score (nSPS) is 22.8. The average Bonchev–Trinajstić information content (AvgIpc) is 2.77. The van der Waals surface area contributed by atoms with E-state index >= 15 is 0 Å². The Morgan fingerprint density at radius 1 is 1.37 bits per heavy atom. The molecule has 2 amide bonds. The number of rotatable bonds is 6. The predicted octanol–water partition coefficient (Wildman–Crippen LogP) is 0.879. The fourth-order valence-electron chi connectivity index (χ4n) is 2.18. The van der Waals surface area contributed by atoms with Crippen LogP contribution in [0.4, 0.5) is 4.79 Å². The van der Waals surface area contributed by atoms with Crippen molar-refractivity contribution >= 4 is 12.0 Å². The van der Waals surface area contributed by atoms with Crippen molar-refractivity contribution in [2.45, 2.75) is 45.2 Å². The van der Waals surface area contributed by atoms with Crippen LogP contribution in [0.5, 0.6) is 0 Å². The molecule has 0 aromatic carbocycles. The molecule has 2 atom stereocenters. The van der Waals surface area contributed by atoms with Crippen LogP contribution in [-0.4, -0.2) is 54.2 Å². The molecule has 19 heavy (non-hydrogen) atoms. The maximum atomic E-state index is 11.6. The number of carbonyl (C=O) groups excluding carboxylic acids is 1. The third-order valence-electron chi connectivity index (χ3n) is 3.75. The van der Waals surface area contributed by atoms with E-state index in [4.69, 9.17) is 5.11 Å². The Kier molecular flexibility index (Phi) is 6.08. The largest absolute Gasteiger partial charge is 0.481 e. The van der Waals surface area contributed by atoms with Crippen molar-refractivity contribution in [3.05, 3.63) is 0 Å². The van der Waals surface area contributed by atoms with Gasteiger partial charge in [-0.05, 0) is 40.2 Å². The fraction of sp³-hybridized carbons (Fsp3) is 0.846. The summed E-state index contributed by atoms with van der Waals surface area (Å²) in [6.45, 7) is 5.60. The van der Waals surface area contributed by atoms with E-state index in [0.29, 0.717) is 25.4 Å². The van der Waals surface area contributed by atoms with Crippen LogP contribution in [0.3, 0.4) is 0 Å². The number of carboxylic acid groups (broad SMARTS) is 1. The minimum atomic E-state index is -0.761. The van der Waals surface area contributed by atoms with Crippen molar-refractivity contribution in [3.63, 3.8) is 0 Å². The molecule has 3 N–H and O–H groups in total. The molecular formula is C13H25N3O3. The first kappa shape index (κ1) is 15.8. The lowest BCUT2D eigenvalue weighted by molar-refractivity contribution is -0.141. The van der Waals surface area contributed by atoms with E-state index in [2.05, 4.69) is 29.4 Å². The van der Waals surface area contributed by atoms with Gasteiger partial charge in [0.05, 0.1) is 5.92 Å². The van der Waals surface area contributed by atoms with Gasteiger partial charge in [0.25, 0.3) is 0 Å². The van der Waals surface area contributed by atoms with Gasteiger partial charge in [0.1, 0.15) is 0 Å². The highest BCUT2D eigenvalue weighted by atomic mass is 16.4. The molecule has 1 rings (SSSR count). The molecule has 0 aromatic rings. The zero-order valence-electron chi connectivity index (χ0n) is 12.0. The molecule has 0 saturated heterocycles. The smallest absolute Gasteiger partial charge is 0.315 e. The van der Waals surface area contributed by atoms with Gasteiger partial charge in [-0.25, -0.2) is 4.79 Å². The highest BCUT2D eigenvalue weighted by Gasteiger charge is 2.30. The Morgan fingerprint density at radius 2 is 2.05 bits per heavy atom. The van der Waals surface area contributed by atoms with Crippen LogP contribution in [0.1, 0.15) is 33.1 Å². The van der Waals surface area contributed by atoms with Crippen LogP contribution in [0.15, 0.2) is 0 Å². The van der Waals surface area contributed by atoms with Crippen LogP contribution in [0.25, 0.3) is 0 Å². The predicted molar refractivity (Wildman–Crippen MR) is 73.1 cm³/mol. The standard InChI is InChI=1S/C13H25N3O3/c1-9(2)16(3)7-6-14-13(19)15-11-5-4-10(8-11)12(17)18/h9-11H,4-8H2,1-3H3,(H,17,18)(H2,14,15,19)/t10-,11+/m1/s1. The summed E-state index contributed by atoms with van der Waals surface area (Å²) < 4.78 is 0. The number of hydrogen-bond donors (Lipinski definition) is 3. The zero-order valence-corrected chi connectivity index (χ0v) is 12.0. The summed E-state index contributed by atoms with van der Waals surface area (Å²) in [6, 6.07) is 0.244. The van der Waals surface area contributed by atoms with Gasteiger partial charge in [0.15, 0.2) is 0 Å². The maximum absolute atomic E-state index is 11.6. The van der Waals surface area contributed by atoms with Crippen LogP contribution in [0.2, 0.25) is 0 Å². The molecule has 110 valence electrons. The number of hydrogen-bond acceptors (Lipinski definition) is 3. The summed E-state index contributed by atoms with van der Waals surface area (Å²) in [5.41, 5.74) is 0. The van der Waals surface area contributed by atoms with Crippen LogP contribution >= 0.6 is 0 Å². The summed E-state index contributed by atoms with van der Waals surface area (Å²) in [6.07, 6.45) is 1.93. The number of nitrogens with zero attached hydrogens (tertiary/aromatic N) is 1. The number of likely N-dealkylation sites (N-methyl/N-ethyl adjacent to an activating group) is 1. The van der Waals surface area contributed by atoms with Gasteiger partial charge in [0.2, 0.25) is 0 Å². The lowest BCUT2D eigenvalue weighted by Crippen LogP contribution is -2.44. The van der Waals surface area contributed by atoms with E-state index in [0.717, 1.165) is 13.0 Å². The molecule has 0 aliphatic heterocycles. The van der Waals surface area contributed by atoms with Crippen molar-refractivity contribution in [2.24, 2.45) is 5.92 Å². The average molecular weight is 271 g/mol. The lowest BCUT2D eigenvalue weighted by atomic mass is 10.1. The van der Waals surface area contributed by atoms with Gasteiger partial charge in [-0.2, -0.15) is 0 Å². The van der Waals surface area contributed by atoms with Crippen molar-refractivity contribution < 1.29 is 14.7 Å². The molecule has 6 heteroatoms. The van der Waals surface area contributed by atoms with Crippen molar-refractivity contribution in [1.29, 1.82) is 0 Å². The summed E-state index contributed by atoms with van der Waals surface area (Å²) in [7, 11) is 2.01. The number of amides is 2. The first-order valence-electron chi connectivity index (χ1n) is 6.87. The van der Waals surface area contributed by atoms with Crippen LogP contribution in [0, 0.1) is 5.92 Å². The highest BCUT2D eigenvalue weighted by molar-refractivity contribution is 5.75. The third-order valence-corrected chi connectivity index (χ3v) is 3.75. The molecule has 1 aliphatic carbocycles. The topological polar surface area (TPSA) is 81.7 Å². The summed E-state index contributed by atoms with van der Waals surface area (Å²) >= 11 is 0. The molecule has 6 nitrogen and oxygen atoms in total. The van der Waals surface area contributed by atoms with Crippen molar-refractivity contribution in [1.82, 2.24) is 15.5 Å². The summed E-state index contributed by atoms with van der Waals surface area (Å²) in [4.78, 5) is 24.6. The quantitative estimate of drug-likeness (QED) is 0.670. The van der Waals surface area contributed by atoms with Gasteiger partial charge >= 0.3 is 12.0 Å². The summed E-state index contributed by atoms with van der Waals surface area (Å²) in [5.74, 6) is -1.07. The summed E-state index contributed by atoms with van der Waals surface area (Å²) in [5, 5.41) is 14.5. The Morgan fingerprint density at radius 3 is 2.58 bits per heavy atom. The number of aliphatic carboxylic acids is 1. The second kappa shape index (κ2) is 7.33. The minimum Gasteiger partial charge on any atom is -0.481 e. The molecule has 1 saturated carbocycles. The molecular weight excluding hydrogens is 246 g/mol. The highest BCUT2D eigenvalue weighted by Crippen LogP contribution is 2.25. The first-order valence-corrected chi connectivity index (χ1v) is 6.87. The van der Waals surface area contributed by atoms with E-state index in [-0.39, 0.29) is 18.0 Å².